The van der Waals surface area contributed by atoms with Gasteiger partial charge in [0.2, 0.25) is 0 Å². The van der Waals surface area contributed by atoms with Crippen molar-refractivity contribution in [2.75, 3.05) is 6.61 Å². The number of carbonyl (C=O) groups is 3. The highest BCUT2D eigenvalue weighted by atomic mass is 127. The Balaban J connectivity index is 1.91. The fraction of sp³-hybridized carbons (Fsp3) is 0.450. The Hall–Kier alpha value is -2.10. The minimum Gasteiger partial charge on any atom is -0.490 e. The molecule has 0 aromatic heterocycles. The Labute approximate surface area is 176 Å². The average molecular weight is 500 g/mol. The van der Waals surface area contributed by atoms with Gasteiger partial charge in [-0.25, -0.2) is 9.59 Å². The zero-order valence-electron chi connectivity index (χ0n) is 15.7. The zero-order valence-corrected chi connectivity index (χ0v) is 17.9. The molecule has 28 heavy (non-hydrogen) atoms. The first-order valence-corrected chi connectivity index (χ1v) is 10.2. The van der Waals surface area contributed by atoms with Gasteiger partial charge in [0.1, 0.15) is 5.57 Å². The van der Waals surface area contributed by atoms with E-state index in [4.69, 9.17) is 18.9 Å². The van der Waals surface area contributed by atoms with E-state index >= 15 is 0 Å². The van der Waals surface area contributed by atoms with E-state index in [0.717, 1.165) is 19.3 Å². The molecule has 2 aliphatic rings. The molecule has 0 unspecified atom stereocenters. The number of hydrogen-bond donors (Lipinski definition) is 0. The molecule has 0 radical (unpaired) electrons. The minimum absolute atomic E-state index is 0.172. The number of rotatable bonds is 4. The van der Waals surface area contributed by atoms with E-state index in [0.29, 0.717) is 40.1 Å². The molecule has 1 spiro atoms. The first-order valence-electron chi connectivity index (χ1n) is 9.17. The van der Waals surface area contributed by atoms with Crippen LogP contribution >= 0.6 is 22.6 Å². The molecule has 0 atom stereocenters. The average Bonchev–Trinajstić information content (AvgIpc) is 2.62. The summed E-state index contributed by atoms with van der Waals surface area (Å²) in [5.74, 6) is -2.31. The van der Waals surface area contributed by atoms with Gasteiger partial charge in [-0.15, -0.1) is 0 Å². The number of hydrogen-bond acceptors (Lipinski definition) is 7. The molecule has 1 aromatic carbocycles. The lowest BCUT2D eigenvalue weighted by atomic mass is 9.93. The van der Waals surface area contributed by atoms with Gasteiger partial charge in [0.25, 0.3) is 5.79 Å². The number of halogens is 1. The summed E-state index contributed by atoms with van der Waals surface area (Å²) < 4.78 is 22.4. The smallest absolute Gasteiger partial charge is 0.348 e. The second kappa shape index (κ2) is 8.50. The minimum atomic E-state index is -1.12. The topological polar surface area (TPSA) is 88.1 Å². The Morgan fingerprint density at radius 2 is 1.82 bits per heavy atom. The third-order valence-corrected chi connectivity index (χ3v) is 5.30. The standard InChI is InChI=1S/C20H21IO7/c1-3-25-16-11-13(10-15(21)17(16)26-12(2)22)9-14-18(23)27-20(28-19(14)24)7-5-4-6-8-20/h9-11H,3-8H2,1-2H3. The van der Waals surface area contributed by atoms with Crippen molar-refractivity contribution in [1.29, 1.82) is 0 Å². The van der Waals surface area contributed by atoms with Crippen LogP contribution in [0.3, 0.4) is 0 Å². The second-order valence-electron chi connectivity index (χ2n) is 6.67. The van der Waals surface area contributed by atoms with Crippen molar-refractivity contribution in [1.82, 2.24) is 0 Å². The fourth-order valence-corrected chi connectivity index (χ4v) is 4.04. The van der Waals surface area contributed by atoms with Crippen LogP contribution in [0.5, 0.6) is 11.5 Å². The van der Waals surface area contributed by atoms with Gasteiger partial charge >= 0.3 is 17.9 Å². The van der Waals surface area contributed by atoms with Crippen LogP contribution in [0.1, 0.15) is 51.5 Å². The summed E-state index contributed by atoms with van der Waals surface area (Å²) in [6.45, 7) is 3.46. The molecule has 7 nitrogen and oxygen atoms in total. The second-order valence-corrected chi connectivity index (χ2v) is 7.83. The van der Waals surface area contributed by atoms with Crippen LogP contribution in [-0.4, -0.2) is 30.3 Å². The summed E-state index contributed by atoms with van der Waals surface area (Å²) in [6, 6.07) is 3.28. The lowest BCUT2D eigenvalue weighted by Crippen LogP contribution is -2.47. The van der Waals surface area contributed by atoms with Gasteiger partial charge in [-0.05, 0) is 66.1 Å². The molecule has 8 heteroatoms. The van der Waals surface area contributed by atoms with Crippen LogP contribution in [0.25, 0.3) is 6.08 Å². The van der Waals surface area contributed by atoms with Crippen LogP contribution in [0.15, 0.2) is 17.7 Å². The highest BCUT2D eigenvalue weighted by Gasteiger charge is 2.46. The van der Waals surface area contributed by atoms with E-state index in [2.05, 4.69) is 0 Å². The monoisotopic (exact) mass is 500 g/mol. The molecular formula is C20H21IO7. The summed E-state index contributed by atoms with van der Waals surface area (Å²) in [6.07, 6.45) is 5.21. The molecule has 0 bridgehead atoms. The Kier molecular flexibility index (Phi) is 6.26. The zero-order chi connectivity index (χ0) is 20.3. The Bertz CT molecular complexity index is 815. The van der Waals surface area contributed by atoms with E-state index in [1.54, 1.807) is 19.1 Å². The van der Waals surface area contributed by atoms with Crippen LogP contribution in [0.2, 0.25) is 0 Å². The van der Waals surface area contributed by atoms with Crippen molar-refractivity contribution >= 4 is 46.6 Å². The largest absolute Gasteiger partial charge is 0.490 e. The maximum atomic E-state index is 12.5. The molecule has 1 aromatic rings. The third-order valence-electron chi connectivity index (χ3n) is 4.50. The Morgan fingerprint density at radius 1 is 1.18 bits per heavy atom. The van der Waals surface area contributed by atoms with Crippen molar-refractivity contribution in [3.63, 3.8) is 0 Å². The lowest BCUT2D eigenvalue weighted by molar-refractivity contribution is -0.244. The first-order chi connectivity index (χ1) is 13.3. The van der Waals surface area contributed by atoms with Crippen molar-refractivity contribution in [3.05, 3.63) is 26.8 Å². The fourth-order valence-electron chi connectivity index (χ4n) is 3.31. The lowest BCUT2D eigenvalue weighted by Gasteiger charge is -2.38. The predicted octanol–water partition coefficient (Wildman–Crippen LogP) is 3.76. The van der Waals surface area contributed by atoms with Gasteiger partial charge in [-0.3, -0.25) is 4.79 Å². The van der Waals surface area contributed by atoms with Crippen LogP contribution < -0.4 is 9.47 Å². The molecule has 1 aliphatic heterocycles. The van der Waals surface area contributed by atoms with E-state index in [1.807, 2.05) is 22.6 Å². The van der Waals surface area contributed by atoms with Gasteiger partial charge in [-0.2, -0.15) is 0 Å². The van der Waals surface area contributed by atoms with Gasteiger partial charge in [-0.1, -0.05) is 6.42 Å². The number of esters is 3. The van der Waals surface area contributed by atoms with Gasteiger partial charge in [0, 0.05) is 19.8 Å². The highest BCUT2D eigenvalue weighted by molar-refractivity contribution is 14.1. The summed E-state index contributed by atoms with van der Waals surface area (Å²) in [4.78, 5) is 36.3. The summed E-state index contributed by atoms with van der Waals surface area (Å²) in [5.41, 5.74) is 0.363. The van der Waals surface area contributed by atoms with Gasteiger partial charge in [0.05, 0.1) is 10.2 Å². The molecule has 1 aliphatic carbocycles. The van der Waals surface area contributed by atoms with E-state index in [1.165, 1.54) is 13.0 Å². The SMILES string of the molecule is CCOc1cc(C=C2C(=O)OC3(CCCCC3)OC2=O)cc(I)c1OC(C)=O. The van der Waals surface area contributed by atoms with Crippen molar-refractivity contribution in [2.24, 2.45) is 0 Å². The van der Waals surface area contributed by atoms with Gasteiger partial charge < -0.3 is 18.9 Å². The summed E-state index contributed by atoms with van der Waals surface area (Å²) in [5, 5.41) is 0. The number of carbonyl (C=O) groups excluding carboxylic acids is 3. The van der Waals surface area contributed by atoms with Crippen molar-refractivity contribution in [2.45, 2.75) is 51.7 Å². The predicted molar refractivity (Wildman–Crippen MR) is 108 cm³/mol. The molecular weight excluding hydrogens is 479 g/mol. The van der Waals surface area contributed by atoms with Gasteiger partial charge in [0.15, 0.2) is 11.5 Å². The molecule has 0 amide bonds. The normalized spacial score (nSPS) is 18.3. The summed E-state index contributed by atoms with van der Waals surface area (Å²) in [7, 11) is 0. The van der Waals surface area contributed by atoms with E-state index in [9.17, 15) is 14.4 Å². The van der Waals surface area contributed by atoms with Crippen LogP contribution in [-0.2, 0) is 23.9 Å². The first kappa shape index (κ1) is 20.6. The number of ether oxygens (including phenoxy) is 4. The quantitative estimate of drug-likeness (QED) is 0.205. The van der Waals surface area contributed by atoms with E-state index < -0.39 is 23.7 Å². The van der Waals surface area contributed by atoms with Crippen LogP contribution in [0, 0.1) is 3.57 Å². The molecule has 2 fully saturated rings. The molecule has 0 N–H and O–H groups in total. The summed E-state index contributed by atoms with van der Waals surface area (Å²) >= 11 is 2.00. The third kappa shape index (κ3) is 4.48. The van der Waals surface area contributed by atoms with E-state index in [-0.39, 0.29) is 5.57 Å². The van der Waals surface area contributed by atoms with Crippen molar-refractivity contribution < 1.29 is 33.3 Å². The maximum Gasteiger partial charge on any atom is 0.348 e. The molecule has 1 saturated heterocycles. The molecule has 3 rings (SSSR count). The molecule has 1 heterocycles. The number of benzene rings is 1. The van der Waals surface area contributed by atoms with Crippen LogP contribution in [0.4, 0.5) is 0 Å². The highest BCUT2D eigenvalue weighted by Crippen LogP contribution is 2.38. The Morgan fingerprint density at radius 3 is 2.39 bits per heavy atom. The molecule has 150 valence electrons. The maximum absolute atomic E-state index is 12.5. The van der Waals surface area contributed by atoms with Crippen molar-refractivity contribution in [3.8, 4) is 11.5 Å². The molecule has 1 saturated carbocycles.